The van der Waals surface area contributed by atoms with E-state index in [1.807, 2.05) is 48.5 Å². The van der Waals surface area contributed by atoms with Crippen molar-refractivity contribution < 1.29 is 19.6 Å². The number of rotatable bonds is 10. The molecule has 2 aromatic rings. The number of anilines is 1. The van der Waals surface area contributed by atoms with Crippen molar-refractivity contribution in [1.29, 1.82) is 0 Å². The van der Waals surface area contributed by atoms with Gasteiger partial charge in [0, 0.05) is 18.7 Å². The summed E-state index contributed by atoms with van der Waals surface area (Å²) in [6.07, 6.45) is 7.57. The summed E-state index contributed by atoms with van der Waals surface area (Å²) in [4.78, 5) is 41.7. The number of nitrogens with zero attached hydrogens (tertiary/aromatic N) is 1. The molecule has 4 rings (SSSR count). The van der Waals surface area contributed by atoms with Crippen molar-refractivity contribution in [3.8, 4) is 0 Å². The molecule has 0 bridgehead atoms. The van der Waals surface area contributed by atoms with Gasteiger partial charge in [-0.2, -0.15) is 0 Å². The van der Waals surface area contributed by atoms with Crippen LogP contribution in [-0.2, 0) is 20.8 Å². The minimum absolute atomic E-state index is 0.0781. The Labute approximate surface area is 213 Å². The van der Waals surface area contributed by atoms with E-state index in [2.05, 4.69) is 17.4 Å². The molecular formula is C29H37N3O4. The standard InChI is InChI=1S/C29H37N3O4/c33-25(31-36)21-29(18-10-13-22-11-4-1-5-12-22)19-20-32(28(29)35)26(23-14-6-2-7-15-23)27(34)30-24-16-8-3-9-17-24/h1,3-5,8-9,11-12,16-17,23,26,36H,2,6-7,10,13-15,18-21H2,(H,30,34)(H,31,33). The lowest BCUT2D eigenvalue weighted by molar-refractivity contribution is -0.147. The molecule has 3 amide bonds. The summed E-state index contributed by atoms with van der Waals surface area (Å²) in [6.45, 7) is 0.437. The van der Waals surface area contributed by atoms with Gasteiger partial charge in [-0.05, 0) is 62.1 Å². The number of nitrogens with one attached hydrogen (secondary N) is 2. The van der Waals surface area contributed by atoms with E-state index in [-0.39, 0.29) is 24.2 Å². The van der Waals surface area contributed by atoms with Crippen molar-refractivity contribution in [2.75, 3.05) is 11.9 Å². The maximum absolute atomic E-state index is 14.0. The SMILES string of the molecule is O=C(CC1(CCCc2ccccc2)CCN(C(C(=O)Nc2ccccc2)C2CCCCC2)C1=O)NO. The zero-order valence-corrected chi connectivity index (χ0v) is 20.8. The highest BCUT2D eigenvalue weighted by molar-refractivity contribution is 5.99. The van der Waals surface area contributed by atoms with E-state index in [1.54, 1.807) is 10.4 Å². The van der Waals surface area contributed by atoms with Gasteiger partial charge in [0.2, 0.25) is 17.7 Å². The Balaban J connectivity index is 1.55. The van der Waals surface area contributed by atoms with Gasteiger partial charge in [0.25, 0.3) is 0 Å². The Morgan fingerprint density at radius 2 is 1.67 bits per heavy atom. The Kier molecular flexibility index (Phi) is 8.75. The highest BCUT2D eigenvalue weighted by Crippen LogP contribution is 2.43. The average Bonchev–Trinajstić information content (AvgIpc) is 3.21. The number of hydrogen-bond donors (Lipinski definition) is 3. The lowest BCUT2D eigenvalue weighted by Crippen LogP contribution is -2.52. The van der Waals surface area contributed by atoms with Crippen LogP contribution in [-0.4, -0.2) is 40.4 Å². The predicted molar refractivity (Wildman–Crippen MR) is 138 cm³/mol. The largest absolute Gasteiger partial charge is 0.330 e. The monoisotopic (exact) mass is 491 g/mol. The first-order valence-electron chi connectivity index (χ1n) is 13.2. The van der Waals surface area contributed by atoms with E-state index >= 15 is 0 Å². The highest BCUT2D eigenvalue weighted by atomic mass is 16.5. The molecule has 2 aliphatic rings. The number of aryl methyl sites for hydroxylation is 1. The molecule has 1 aliphatic heterocycles. The molecule has 2 fully saturated rings. The number of para-hydroxylation sites is 1. The maximum atomic E-state index is 14.0. The summed E-state index contributed by atoms with van der Waals surface area (Å²) in [5.41, 5.74) is 2.70. The predicted octanol–water partition coefficient (Wildman–Crippen LogP) is 4.71. The summed E-state index contributed by atoms with van der Waals surface area (Å²) in [6, 6.07) is 18.9. The fourth-order valence-electron chi connectivity index (χ4n) is 6.02. The van der Waals surface area contributed by atoms with Crippen LogP contribution in [0.1, 0.15) is 63.4 Å². The van der Waals surface area contributed by atoms with Crippen LogP contribution in [0.4, 0.5) is 5.69 Å². The second-order valence-electron chi connectivity index (χ2n) is 10.3. The van der Waals surface area contributed by atoms with Crippen molar-refractivity contribution in [2.45, 2.75) is 70.3 Å². The van der Waals surface area contributed by atoms with Crippen molar-refractivity contribution in [2.24, 2.45) is 11.3 Å². The fourth-order valence-corrected chi connectivity index (χ4v) is 6.02. The third-order valence-corrected chi connectivity index (χ3v) is 7.88. The third-order valence-electron chi connectivity index (χ3n) is 7.88. The molecule has 2 aromatic carbocycles. The molecule has 0 radical (unpaired) electrons. The Morgan fingerprint density at radius 1 is 1.00 bits per heavy atom. The maximum Gasteiger partial charge on any atom is 0.247 e. The van der Waals surface area contributed by atoms with Crippen molar-refractivity contribution >= 4 is 23.4 Å². The first-order valence-corrected chi connectivity index (χ1v) is 13.2. The summed E-state index contributed by atoms with van der Waals surface area (Å²) in [5.74, 6) is -0.767. The van der Waals surface area contributed by atoms with Gasteiger partial charge >= 0.3 is 0 Å². The number of hydroxylamine groups is 1. The number of carbonyl (C=O) groups is 3. The molecule has 2 unspecified atom stereocenters. The number of carbonyl (C=O) groups excluding carboxylic acids is 3. The Morgan fingerprint density at radius 3 is 2.33 bits per heavy atom. The number of amides is 3. The van der Waals surface area contributed by atoms with E-state index in [9.17, 15) is 19.6 Å². The van der Waals surface area contributed by atoms with Crippen LogP contribution in [0.5, 0.6) is 0 Å². The summed E-state index contributed by atoms with van der Waals surface area (Å²) < 4.78 is 0. The normalized spacial score (nSPS) is 21.2. The Hall–Kier alpha value is -3.19. The van der Waals surface area contributed by atoms with Crippen LogP contribution < -0.4 is 10.8 Å². The number of benzene rings is 2. The fraction of sp³-hybridized carbons (Fsp3) is 0.483. The van der Waals surface area contributed by atoms with Crippen LogP contribution in [0.2, 0.25) is 0 Å². The molecule has 7 nitrogen and oxygen atoms in total. The lowest BCUT2D eigenvalue weighted by atomic mass is 9.77. The lowest BCUT2D eigenvalue weighted by Gasteiger charge is -2.37. The minimum atomic E-state index is -0.915. The topological polar surface area (TPSA) is 98.7 Å². The van der Waals surface area contributed by atoms with Crippen LogP contribution in [0.25, 0.3) is 0 Å². The minimum Gasteiger partial charge on any atom is -0.330 e. The molecule has 1 aliphatic carbocycles. The van der Waals surface area contributed by atoms with Crippen LogP contribution >= 0.6 is 0 Å². The van der Waals surface area contributed by atoms with Gasteiger partial charge < -0.3 is 10.2 Å². The second-order valence-corrected chi connectivity index (χ2v) is 10.3. The summed E-state index contributed by atoms with van der Waals surface area (Å²) in [7, 11) is 0. The molecule has 36 heavy (non-hydrogen) atoms. The van der Waals surface area contributed by atoms with Gasteiger partial charge in [-0.3, -0.25) is 19.6 Å². The smallest absolute Gasteiger partial charge is 0.247 e. The summed E-state index contributed by atoms with van der Waals surface area (Å²) in [5, 5.41) is 12.3. The highest BCUT2D eigenvalue weighted by Gasteiger charge is 2.51. The summed E-state index contributed by atoms with van der Waals surface area (Å²) >= 11 is 0. The van der Waals surface area contributed by atoms with E-state index < -0.39 is 17.4 Å². The Bertz CT molecular complexity index is 1020. The zero-order chi connectivity index (χ0) is 25.4. The van der Waals surface area contributed by atoms with E-state index in [4.69, 9.17) is 0 Å². The van der Waals surface area contributed by atoms with Gasteiger partial charge in [-0.1, -0.05) is 67.8 Å². The van der Waals surface area contributed by atoms with Crippen LogP contribution in [0, 0.1) is 11.3 Å². The molecule has 0 aromatic heterocycles. The number of likely N-dealkylation sites (tertiary alicyclic amines) is 1. The van der Waals surface area contributed by atoms with E-state index in [0.717, 1.165) is 44.9 Å². The molecule has 2 atom stereocenters. The molecule has 1 saturated carbocycles. The van der Waals surface area contributed by atoms with E-state index in [0.29, 0.717) is 25.1 Å². The van der Waals surface area contributed by atoms with Gasteiger partial charge in [0.15, 0.2) is 0 Å². The van der Waals surface area contributed by atoms with Gasteiger partial charge in [0.05, 0.1) is 5.41 Å². The first kappa shape index (κ1) is 25.9. The molecule has 0 spiro atoms. The van der Waals surface area contributed by atoms with Crippen LogP contribution in [0.3, 0.4) is 0 Å². The van der Waals surface area contributed by atoms with Crippen molar-refractivity contribution in [1.82, 2.24) is 10.4 Å². The average molecular weight is 492 g/mol. The van der Waals surface area contributed by atoms with Crippen LogP contribution in [0.15, 0.2) is 60.7 Å². The van der Waals surface area contributed by atoms with E-state index in [1.165, 1.54) is 5.56 Å². The molecule has 192 valence electrons. The zero-order valence-electron chi connectivity index (χ0n) is 20.8. The molecule has 7 heteroatoms. The van der Waals surface area contributed by atoms with Crippen molar-refractivity contribution in [3.05, 3.63) is 66.2 Å². The quantitative estimate of drug-likeness (QED) is 0.331. The van der Waals surface area contributed by atoms with Gasteiger partial charge in [-0.15, -0.1) is 0 Å². The first-order chi connectivity index (χ1) is 17.5. The third kappa shape index (κ3) is 6.13. The molecule has 3 N–H and O–H groups in total. The molecular weight excluding hydrogens is 454 g/mol. The van der Waals surface area contributed by atoms with Gasteiger partial charge in [-0.25, -0.2) is 5.48 Å². The molecule has 1 saturated heterocycles. The second kappa shape index (κ2) is 12.2. The number of hydrogen-bond acceptors (Lipinski definition) is 4. The van der Waals surface area contributed by atoms with Gasteiger partial charge in [0.1, 0.15) is 6.04 Å². The molecule has 1 heterocycles. The van der Waals surface area contributed by atoms with Crippen molar-refractivity contribution in [3.63, 3.8) is 0 Å².